The highest BCUT2D eigenvalue weighted by Crippen LogP contribution is 2.19. The van der Waals surface area contributed by atoms with E-state index in [1.165, 1.54) is 11.9 Å². The van der Waals surface area contributed by atoms with Crippen LogP contribution in [0.1, 0.15) is 22.3 Å². The van der Waals surface area contributed by atoms with Gasteiger partial charge in [0.1, 0.15) is 0 Å². The molecule has 0 amide bonds. The molecule has 0 saturated heterocycles. The van der Waals surface area contributed by atoms with E-state index in [0.717, 1.165) is 5.56 Å². The Labute approximate surface area is 104 Å². The average molecular weight is 259 g/mol. The van der Waals surface area contributed by atoms with Crippen LogP contribution in [0, 0.1) is 6.92 Å². The number of ketones is 1. The van der Waals surface area contributed by atoms with Gasteiger partial charge in [-0.25, -0.2) is 0 Å². The lowest BCUT2D eigenvalue weighted by Crippen LogP contribution is -2.30. The van der Waals surface area contributed by atoms with Crippen molar-refractivity contribution in [3.63, 3.8) is 0 Å². The van der Waals surface area contributed by atoms with Gasteiger partial charge < -0.3 is 0 Å². The van der Waals surface area contributed by atoms with Gasteiger partial charge in [0.2, 0.25) is 0 Å². The summed E-state index contributed by atoms with van der Waals surface area (Å²) in [5.74, 6) is -0.155. The predicted molar refractivity (Wildman–Crippen MR) is 63.7 cm³/mol. The fourth-order valence-corrected chi connectivity index (χ4v) is 1.61. The Morgan fingerprint density at radius 2 is 1.89 bits per heavy atom. The minimum atomic E-state index is -4.18. The molecule has 18 heavy (non-hydrogen) atoms. The third-order valence-electron chi connectivity index (χ3n) is 2.64. The summed E-state index contributed by atoms with van der Waals surface area (Å²) in [5, 5.41) is 0. The lowest BCUT2D eigenvalue weighted by atomic mass is 10.0. The minimum Gasteiger partial charge on any atom is -0.299 e. The van der Waals surface area contributed by atoms with Crippen LogP contribution in [0.15, 0.2) is 24.3 Å². The van der Waals surface area contributed by atoms with E-state index in [-0.39, 0.29) is 18.9 Å². The van der Waals surface area contributed by atoms with Crippen molar-refractivity contribution >= 4 is 5.78 Å². The van der Waals surface area contributed by atoms with Crippen LogP contribution in [-0.4, -0.2) is 37.0 Å². The van der Waals surface area contributed by atoms with Gasteiger partial charge in [0, 0.05) is 12.1 Å². The summed E-state index contributed by atoms with van der Waals surface area (Å²) >= 11 is 0. The maximum atomic E-state index is 12.0. The van der Waals surface area contributed by atoms with Crippen LogP contribution in [0.4, 0.5) is 13.2 Å². The summed E-state index contributed by atoms with van der Waals surface area (Å²) in [4.78, 5) is 13.3. The van der Waals surface area contributed by atoms with Crippen LogP contribution in [0.5, 0.6) is 0 Å². The van der Waals surface area contributed by atoms with Crippen LogP contribution in [0.3, 0.4) is 0 Å². The number of likely N-dealkylation sites (N-methyl/N-ethyl adjacent to an activating group) is 1. The molecule has 0 spiro atoms. The van der Waals surface area contributed by atoms with E-state index in [2.05, 4.69) is 0 Å². The highest BCUT2D eigenvalue weighted by atomic mass is 19.4. The van der Waals surface area contributed by atoms with Crippen molar-refractivity contribution in [2.75, 3.05) is 20.1 Å². The molecule has 0 saturated carbocycles. The molecule has 0 N–H and O–H groups in total. The van der Waals surface area contributed by atoms with E-state index in [0.29, 0.717) is 5.56 Å². The second kappa shape index (κ2) is 6.00. The largest absolute Gasteiger partial charge is 0.390 e. The van der Waals surface area contributed by atoms with Gasteiger partial charge >= 0.3 is 6.18 Å². The molecule has 1 aromatic rings. The van der Waals surface area contributed by atoms with Crippen LogP contribution < -0.4 is 0 Å². The number of aryl methyl sites for hydroxylation is 1. The molecule has 0 fully saturated rings. The molecule has 0 heterocycles. The first-order valence-corrected chi connectivity index (χ1v) is 5.64. The SMILES string of the molecule is Cc1ccccc1C(=O)CN(C)CCC(F)(F)F. The van der Waals surface area contributed by atoms with Crippen LogP contribution >= 0.6 is 0 Å². The zero-order chi connectivity index (χ0) is 13.8. The number of Topliss-reactive ketones (excluding diaryl/α,β-unsaturated/α-hetero) is 1. The number of halogens is 3. The van der Waals surface area contributed by atoms with Crippen LogP contribution in [-0.2, 0) is 0 Å². The Balaban J connectivity index is 2.53. The number of alkyl halides is 3. The summed E-state index contributed by atoms with van der Waals surface area (Å²) in [6.45, 7) is 1.64. The molecular weight excluding hydrogens is 243 g/mol. The van der Waals surface area contributed by atoms with Crippen molar-refractivity contribution in [3.05, 3.63) is 35.4 Å². The molecule has 0 atom stereocenters. The third kappa shape index (κ3) is 4.87. The second-order valence-corrected chi connectivity index (χ2v) is 4.34. The first-order valence-electron chi connectivity index (χ1n) is 5.64. The molecule has 1 rings (SSSR count). The predicted octanol–water partition coefficient (Wildman–Crippen LogP) is 3.06. The van der Waals surface area contributed by atoms with Crippen LogP contribution in [0.25, 0.3) is 0 Å². The highest BCUT2D eigenvalue weighted by molar-refractivity contribution is 5.98. The number of hydrogen-bond donors (Lipinski definition) is 0. The minimum absolute atomic E-state index is 0.000926. The van der Waals surface area contributed by atoms with Crippen molar-refractivity contribution < 1.29 is 18.0 Å². The summed E-state index contributed by atoms with van der Waals surface area (Å²) in [6.07, 6.45) is -5.08. The maximum Gasteiger partial charge on any atom is 0.390 e. The number of carbonyl (C=O) groups excluding carboxylic acids is 1. The quantitative estimate of drug-likeness (QED) is 0.757. The number of rotatable bonds is 5. The van der Waals surface area contributed by atoms with Gasteiger partial charge in [-0.1, -0.05) is 24.3 Å². The van der Waals surface area contributed by atoms with Crippen molar-refractivity contribution in [1.29, 1.82) is 0 Å². The third-order valence-corrected chi connectivity index (χ3v) is 2.64. The molecule has 0 aliphatic carbocycles. The fourth-order valence-electron chi connectivity index (χ4n) is 1.61. The molecule has 0 aliphatic rings. The Morgan fingerprint density at radius 1 is 1.28 bits per heavy atom. The normalized spacial score (nSPS) is 11.9. The monoisotopic (exact) mass is 259 g/mol. The lowest BCUT2D eigenvalue weighted by molar-refractivity contribution is -0.137. The van der Waals surface area contributed by atoms with E-state index in [1.54, 1.807) is 12.1 Å². The molecule has 0 aromatic heterocycles. The molecular formula is C13H16F3NO. The van der Waals surface area contributed by atoms with Gasteiger partial charge in [-0.3, -0.25) is 9.69 Å². The van der Waals surface area contributed by atoms with E-state index in [4.69, 9.17) is 0 Å². The standard InChI is InChI=1S/C13H16F3NO/c1-10-5-3-4-6-11(10)12(18)9-17(2)8-7-13(14,15)16/h3-6H,7-9H2,1-2H3. The zero-order valence-electron chi connectivity index (χ0n) is 10.4. The molecule has 0 radical (unpaired) electrons. The van der Waals surface area contributed by atoms with E-state index < -0.39 is 12.6 Å². The van der Waals surface area contributed by atoms with Gasteiger partial charge in [0.15, 0.2) is 5.78 Å². The first kappa shape index (κ1) is 14.7. The van der Waals surface area contributed by atoms with Crippen molar-refractivity contribution in [3.8, 4) is 0 Å². The van der Waals surface area contributed by atoms with Crippen molar-refractivity contribution in [2.24, 2.45) is 0 Å². The lowest BCUT2D eigenvalue weighted by Gasteiger charge is -2.17. The van der Waals surface area contributed by atoms with Gasteiger partial charge in [-0.15, -0.1) is 0 Å². The number of benzene rings is 1. The average Bonchev–Trinajstić information content (AvgIpc) is 2.26. The molecule has 100 valence electrons. The van der Waals surface area contributed by atoms with Gasteiger partial charge in [0.05, 0.1) is 13.0 Å². The molecule has 0 bridgehead atoms. The van der Waals surface area contributed by atoms with Crippen molar-refractivity contribution in [1.82, 2.24) is 4.90 Å². The van der Waals surface area contributed by atoms with Gasteiger partial charge in [0.25, 0.3) is 0 Å². The summed E-state index contributed by atoms with van der Waals surface area (Å²) < 4.78 is 36.1. The number of carbonyl (C=O) groups is 1. The first-order chi connectivity index (χ1) is 8.29. The van der Waals surface area contributed by atoms with Gasteiger partial charge in [-0.2, -0.15) is 13.2 Å². The Bertz CT molecular complexity index is 415. The molecule has 2 nitrogen and oxygen atoms in total. The number of nitrogens with zero attached hydrogens (tertiary/aromatic N) is 1. The van der Waals surface area contributed by atoms with E-state index in [9.17, 15) is 18.0 Å². The Hall–Kier alpha value is -1.36. The molecule has 5 heteroatoms. The summed E-state index contributed by atoms with van der Waals surface area (Å²) in [5.41, 5.74) is 1.41. The molecule has 0 unspecified atom stereocenters. The smallest absolute Gasteiger partial charge is 0.299 e. The second-order valence-electron chi connectivity index (χ2n) is 4.34. The zero-order valence-corrected chi connectivity index (χ0v) is 10.4. The molecule has 1 aromatic carbocycles. The van der Waals surface area contributed by atoms with Crippen LogP contribution in [0.2, 0.25) is 0 Å². The van der Waals surface area contributed by atoms with Crippen molar-refractivity contribution in [2.45, 2.75) is 19.5 Å². The topological polar surface area (TPSA) is 20.3 Å². The summed E-state index contributed by atoms with van der Waals surface area (Å²) in [6, 6.07) is 7.06. The number of hydrogen-bond acceptors (Lipinski definition) is 2. The summed E-state index contributed by atoms with van der Waals surface area (Å²) in [7, 11) is 1.52. The fraction of sp³-hybridized carbons (Fsp3) is 0.462. The van der Waals surface area contributed by atoms with Gasteiger partial charge in [-0.05, 0) is 19.5 Å². The Kier molecular flexibility index (Phi) is 4.90. The highest BCUT2D eigenvalue weighted by Gasteiger charge is 2.27. The molecule has 0 aliphatic heterocycles. The maximum absolute atomic E-state index is 12.0. The van der Waals surface area contributed by atoms with E-state index >= 15 is 0 Å². The van der Waals surface area contributed by atoms with E-state index in [1.807, 2.05) is 19.1 Å². The Morgan fingerprint density at radius 3 is 2.44 bits per heavy atom.